The SMILES string of the molecule is CC1(C)OB(c2ccc3nc(NC4CCOCC4)ncc3c2)OC1(C)C. The second-order valence-electron chi connectivity index (χ2n) is 8.13. The van der Waals surface area contributed by atoms with Crippen LogP contribution in [-0.2, 0) is 14.0 Å². The Bertz CT molecular complexity index is 790. The molecule has 2 saturated heterocycles. The lowest BCUT2D eigenvalue weighted by molar-refractivity contribution is 0.00578. The molecule has 6 nitrogen and oxygen atoms in total. The van der Waals surface area contributed by atoms with E-state index in [1.807, 2.05) is 18.3 Å². The van der Waals surface area contributed by atoms with E-state index in [9.17, 15) is 0 Å². The Morgan fingerprint density at radius 1 is 1.08 bits per heavy atom. The van der Waals surface area contributed by atoms with Crippen LogP contribution in [0.3, 0.4) is 0 Å². The molecule has 0 spiro atoms. The number of hydrogen-bond acceptors (Lipinski definition) is 6. The molecule has 2 aliphatic rings. The molecule has 0 atom stereocenters. The molecule has 4 rings (SSSR count). The molecule has 0 radical (unpaired) electrons. The predicted molar refractivity (Wildman–Crippen MR) is 103 cm³/mol. The summed E-state index contributed by atoms with van der Waals surface area (Å²) in [6.07, 6.45) is 3.84. The first-order chi connectivity index (χ1) is 12.3. The number of hydrogen-bond donors (Lipinski definition) is 1. The summed E-state index contributed by atoms with van der Waals surface area (Å²) in [5.41, 5.74) is 1.21. The van der Waals surface area contributed by atoms with Crippen molar-refractivity contribution in [1.82, 2.24) is 9.97 Å². The van der Waals surface area contributed by atoms with Crippen LogP contribution in [-0.4, -0.2) is 47.5 Å². The highest BCUT2D eigenvalue weighted by atomic mass is 16.7. The van der Waals surface area contributed by atoms with Crippen LogP contribution in [0, 0.1) is 0 Å². The molecule has 138 valence electrons. The van der Waals surface area contributed by atoms with Crippen LogP contribution in [0.25, 0.3) is 10.9 Å². The van der Waals surface area contributed by atoms with Crippen LogP contribution in [0.1, 0.15) is 40.5 Å². The minimum Gasteiger partial charge on any atom is -0.399 e. The Hall–Kier alpha value is -1.70. The number of nitrogens with one attached hydrogen (secondary N) is 1. The van der Waals surface area contributed by atoms with Crippen molar-refractivity contribution in [1.29, 1.82) is 0 Å². The molecule has 2 aromatic rings. The van der Waals surface area contributed by atoms with Gasteiger partial charge in [0.25, 0.3) is 0 Å². The highest BCUT2D eigenvalue weighted by Crippen LogP contribution is 2.36. The van der Waals surface area contributed by atoms with Gasteiger partial charge >= 0.3 is 7.12 Å². The Morgan fingerprint density at radius 2 is 1.77 bits per heavy atom. The van der Waals surface area contributed by atoms with Gasteiger partial charge in [-0.2, -0.15) is 0 Å². The van der Waals surface area contributed by atoms with Gasteiger partial charge in [0.15, 0.2) is 0 Å². The van der Waals surface area contributed by atoms with Crippen LogP contribution < -0.4 is 10.8 Å². The number of aromatic nitrogens is 2. The van der Waals surface area contributed by atoms with E-state index in [1.54, 1.807) is 0 Å². The first-order valence-electron chi connectivity index (χ1n) is 9.31. The van der Waals surface area contributed by atoms with Gasteiger partial charge in [0.2, 0.25) is 5.95 Å². The highest BCUT2D eigenvalue weighted by Gasteiger charge is 2.51. The molecule has 1 aromatic carbocycles. The van der Waals surface area contributed by atoms with Crippen LogP contribution in [0.2, 0.25) is 0 Å². The first kappa shape index (κ1) is 17.7. The Balaban J connectivity index is 1.54. The summed E-state index contributed by atoms with van der Waals surface area (Å²) in [5, 5.41) is 4.39. The number of benzene rings is 1. The van der Waals surface area contributed by atoms with Crippen molar-refractivity contribution in [2.45, 2.75) is 57.8 Å². The minimum atomic E-state index is -0.371. The molecular formula is C19H26BN3O3. The third kappa shape index (κ3) is 3.31. The van der Waals surface area contributed by atoms with E-state index in [1.165, 1.54) is 0 Å². The summed E-state index contributed by atoms with van der Waals surface area (Å²) in [6.45, 7) is 9.83. The molecule has 0 bridgehead atoms. The molecule has 3 heterocycles. The van der Waals surface area contributed by atoms with Gasteiger partial charge in [-0.25, -0.2) is 9.97 Å². The van der Waals surface area contributed by atoms with Crippen molar-refractivity contribution in [3.8, 4) is 0 Å². The van der Waals surface area contributed by atoms with Crippen LogP contribution in [0.5, 0.6) is 0 Å². The molecule has 2 aliphatic heterocycles. The Labute approximate surface area is 154 Å². The molecule has 2 fully saturated rings. The number of rotatable bonds is 3. The van der Waals surface area contributed by atoms with E-state index < -0.39 is 0 Å². The van der Waals surface area contributed by atoms with Gasteiger partial charge in [-0.1, -0.05) is 12.1 Å². The number of fused-ring (bicyclic) bond motifs is 1. The highest BCUT2D eigenvalue weighted by molar-refractivity contribution is 6.62. The fourth-order valence-corrected chi connectivity index (χ4v) is 3.27. The van der Waals surface area contributed by atoms with Crippen LogP contribution in [0.15, 0.2) is 24.4 Å². The minimum absolute atomic E-state index is 0.347. The second-order valence-corrected chi connectivity index (χ2v) is 8.13. The topological polar surface area (TPSA) is 65.5 Å². The third-order valence-corrected chi connectivity index (χ3v) is 5.68. The number of nitrogens with zero attached hydrogens (tertiary/aromatic N) is 2. The zero-order valence-corrected chi connectivity index (χ0v) is 15.9. The largest absolute Gasteiger partial charge is 0.494 e. The van der Waals surface area contributed by atoms with Gasteiger partial charge in [-0.3, -0.25) is 0 Å². The van der Waals surface area contributed by atoms with Gasteiger partial charge in [0.1, 0.15) is 0 Å². The van der Waals surface area contributed by atoms with E-state index in [0.29, 0.717) is 12.0 Å². The summed E-state index contributed by atoms with van der Waals surface area (Å²) in [4.78, 5) is 9.13. The summed E-state index contributed by atoms with van der Waals surface area (Å²) in [7, 11) is -0.371. The number of ether oxygens (including phenoxy) is 1. The lowest BCUT2D eigenvalue weighted by Crippen LogP contribution is -2.41. The summed E-state index contributed by atoms with van der Waals surface area (Å²) in [5.74, 6) is 0.674. The van der Waals surface area contributed by atoms with Gasteiger partial charge in [-0.15, -0.1) is 0 Å². The zero-order valence-electron chi connectivity index (χ0n) is 15.9. The van der Waals surface area contributed by atoms with Gasteiger partial charge < -0.3 is 19.4 Å². The molecule has 0 unspecified atom stereocenters. The predicted octanol–water partition coefficient (Wildman–Crippen LogP) is 2.52. The molecule has 7 heteroatoms. The molecular weight excluding hydrogens is 329 g/mol. The first-order valence-corrected chi connectivity index (χ1v) is 9.31. The van der Waals surface area contributed by atoms with Crippen molar-refractivity contribution in [2.24, 2.45) is 0 Å². The normalized spacial score (nSPS) is 22.7. The van der Waals surface area contributed by atoms with Crippen molar-refractivity contribution in [3.63, 3.8) is 0 Å². The Morgan fingerprint density at radius 3 is 2.46 bits per heavy atom. The lowest BCUT2D eigenvalue weighted by atomic mass is 9.78. The molecule has 0 aliphatic carbocycles. The fourth-order valence-electron chi connectivity index (χ4n) is 3.27. The molecule has 26 heavy (non-hydrogen) atoms. The Kier molecular flexibility index (Phi) is 4.41. The van der Waals surface area contributed by atoms with Crippen LogP contribution in [0.4, 0.5) is 5.95 Å². The maximum Gasteiger partial charge on any atom is 0.494 e. The molecule has 0 saturated carbocycles. The third-order valence-electron chi connectivity index (χ3n) is 5.68. The molecule has 0 amide bonds. The van der Waals surface area contributed by atoms with E-state index in [-0.39, 0.29) is 18.3 Å². The molecule has 1 N–H and O–H groups in total. The second kappa shape index (κ2) is 6.48. The molecule has 1 aromatic heterocycles. The maximum absolute atomic E-state index is 6.14. The average molecular weight is 355 g/mol. The van der Waals surface area contributed by atoms with Crippen molar-refractivity contribution >= 4 is 29.4 Å². The summed E-state index contributed by atoms with van der Waals surface area (Å²) >= 11 is 0. The van der Waals surface area contributed by atoms with Gasteiger partial charge in [-0.05, 0) is 52.1 Å². The van der Waals surface area contributed by atoms with E-state index in [2.05, 4.69) is 49.0 Å². The van der Waals surface area contributed by atoms with Gasteiger partial charge in [0, 0.05) is 30.8 Å². The van der Waals surface area contributed by atoms with Gasteiger partial charge in [0.05, 0.1) is 16.7 Å². The van der Waals surface area contributed by atoms with Crippen LogP contribution >= 0.6 is 0 Å². The van der Waals surface area contributed by atoms with Crippen molar-refractivity contribution in [3.05, 3.63) is 24.4 Å². The lowest BCUT2D eigenvalue weighted by Gasteiger charge is -2.32. The maximum atomic E-state index is 6.14. The van der Waals surface area contributed by atoms with E-state index in [4.69, 9.17) is 14.0 Å². The van der Waals surface area contributed by atoms with Crippen molar-refractivity contribution in [2.75, 3.05) is 18.5 Å². The zero-order chi connectivity index (χ0) is 18.4. The summed E-state index contributed by atoms with van der Waals surface area (Å²) in [6, 6.07) is 6.46. The van der Waals surface area contributed by atoms with Crippen molar-refractivity contribution < 1.29 is 14.0 Å². The van der Waals surface area contributed by atoms with E-state index in [0.717, 1.165) is 42.4 Å². The smallest absolute Gasteiger partial charge is 0.399 e. The average Bonchev–Trinajstić information content (AvgIpc) is 2.83. The fraction of sp³-hybridized carbons (Fsp3) is 0.579. The number of anilines is 1. The standard InChI is InChI=1S/C19H26BN3O3/c1-18(2)19(3,4)26-20(25-18)14-5-6-16-13(11-14)12-21-17(23-16)22-15-7-9-24-10-8-15/h5-6,11-12,15H,7-10H2,1-4H3,(H,21,22,23). The summed E-state index contributed by atoms with van der Waals surface area (Å²) < 4.78 is 17.7. The van der Waals surface area contributed by atoms with E-state index >= 15 is 0 Å². The quantitative estimate of drug-likeness (QED) is 0.854. The monoisotopic (exact) mass is 355 g/mol.